The predicted molar refractivity (Wildman–Crippen MR) is 77.2 cm³/mol. The molecule has 0 aliphatic heterocycles. The average Bonchev–Trinajstić information content (AvgIpc) is 2.47. The van der Waals surface area contributed by atoms with Crippen LogP contribution in [0.15, 0.2) is 47.4 Å². The number of nitrogens with two attached hydrogens (primary N) is 1. The molecule has 1 aromatic carbocycles. The Morgan fingerprint density at radius 3 is 2.70 bits per heavy atom. The Hall–Kier alpha value is -2.40. The molecule has 0 fully saturated rings. The molecule has 0 aliphatic rings. The summed E-state index contributed by atoms with van der Waals surface area (Å²) in [5, 5.41) is 2.79. The molecule has 5 nitrogen and oxygen atoms in total. The summed E-state index contributed by atoms with van der Waals surface area (Å²) in [5.41, 5.74) is 7.73. The van der Waals surface area contributed by atoms with E-state index in [0.717, 1.165) is 11.1 Å². The molecule has 0 unspecified atom stereocenters. The second-order valence-corrected chi connectivity index (χ2v) is 4.57. The van der Waals surface area contributed by atoms with Gasteiger partial charge in [-0.2, -0.15) is 0 Å². The van der Waals surface area contributed by atoms with Crippen LogP contribution in [0.1, 0.15) is 21.5 Å². The van der Waals surface area contributed by atoms with E-state index in [2.05, 4.69) is 5.32 Å². The van der Waals surface area contributed by atoms with Gasteiger partial charge in [-0.15, -0.1) is 0 Å². The van der Waals surface area contributed by atoms with Crippen molar-refractivity contribution >= 4 is 5.91 Å². The van der Waals surface area contributed by atoms with Gasteiger partial charge in [-0.25, -0.2) is 0 Å². The number of carbonyl (C=O) groups is 1. The van der Waals surface area contributed by atoms with E-state index >= 15 is 0 Å². The van der Waals surface area contributed by atoms with Crippen molar-refractivity contribution in [2.45, 2.75) is 13.1 Å². The highest BCUT2D eigenvalue weighted by Gasteiger charge is 2.06. The highest BCUT2D eigenvalue weighted by atomic mass is 16.2. The fraction of sp³-hybridized carbons (Fsp3) is 0.200. The van der Waals surface area contributed by atoms with Crippen LogP contribution in [0.3, 0.4) is 0 Å². The average molecular weight is 271 g/mol. The maximum atomic E-state index is 12.0. The maximum absolute atomic E-state index is 12.0. The monoisotopic (exact) mass is 271 g/mol. The minimum Gasteiger partial charge on any atom is -0.348 e. The molecule has 3 N–H and O–H groups in total. The van der Waals surface area contributed by atoms with E-state index < -0.39 is 0 Å². The smallest absolute Gasteiger partial charge is 0.251 e. The molecule has 1 heterocycles. The third-order valence-corrected chi connectivity index (χ3v) is 3.05. The molecule has 104 valence electrons. The molecule has 0 atom stereocenters. The molecule has 1 aromatic heterocycles. The van der Waals surface area contributed by atoms with Crippen molar-refractivity contribution in [1.82, 2.24) is 9.88 Å². The molecule has 0 spiro atoms. The first kappa shape index (κ1) is 14.0. The standard InChI is InChI=1S/C15H17N3O2/c1-18-6-5-13(8-14(18)19)15(20)17-10-12-4-2-3-11(7-12)9-16/h2-8H,9-10,16H2,1H3,(H,17,20). The van der Waals surface area contributed by atoms with Gasteiger partial charge in [0, 0.05) is 38.0 Å². The van der Waals surface area contributed by atoms with Crippen LogP contribution < -0.4 is 16.6 Å². The lowest BCUT2D eigenvalue weighted by molar-refractivity contribution is 0.0950. The number of nitrogens with one attached hydrogen (secondary N) is 1. The molecular weight excluding hydrogens is 254 g/mol. The van der Waals surface area contributed by atoms with Crippen molar-refractivity contribution in [2.24, 2.45) is 12.8 Å². The molecule has 0 radical (unpaired) electrons. The van der Waals surface area contributed by atoms with Gasteiger partial charge < -0.3 is 15.6 Å². The van der Waals surface area contributed by atoms with Crippen LogP contribution in [0.2, 0.25) is 0 Å². The van der Waals surface area contributed by atoms with Crippen LogP contribution in [0.5, 0.6) is 0 Å². The Morgan fingerprint density at radius 1 is 1.25 bits per heavy atom. The van der Waals surface area contributed by atoms with E-state index in [1.807, 2.05) is 24.3 Å². The van der Waals surface area contributed by atoms with Gasteiger partial charge in [0.1, 0.15) is 0 Å². The van der Waals surface area contributed by atoms with Crippen molar-refractivity contribution in [2.75, 3.05) is 0 Å². The lowest BCUT2D eigenvalue weighted by Gasteiger charge is -2.07. The minimum absolute atomic E-state index is 0.206. The number of aromatic nitrogens is 1. The number of nitrogens with zero attached hydrogens (tertiary/aromatic N) is 1. The van der Waals surface area contributed by atoms with Gasteiger partial charge in [-0.1, -0.05) is 24.3 Å². The number of rotatable bonds is 4. The number of carbonyl (C=O) groups excluding carboxylic acids is 1. The van der Waals surface area contributed by atoms with Gasteiger partial charge in [0.05, 0.1) is 0 Å². The Morgan fingerprint density at radius 2 is 2.00 bits per heavy atom. The van der Waals surface area contributed by atoms with Crippen molar-refractivity contribution in [1.29, 1.82) is 0 Å². The van der Waals surface area contributed by atoms with Crippen molar-refractivity contribution in [3.63, 3.8) is 0 Å². The quantitative estimate of drug-likeness (QED) is 0.862. The van der Waals surface area contributed by atoms with E-state index in [1.165, 1.54) is 10.6 Å². The zero-order chi connectivity index (χ0) is 14.5. The lowest BCUT2D eigenvalue weighted by atomic mass is 10.1. The third kappa shape index (κ3) is 3.33. The summed E-state index contributed by atoms with van der Waals surface area (Å²) in [5.74, 6) is -0.263. The summed E-state index contributed by atoms with van der Waals surface area (Å²) in [6.45, 7) is 0.873. The molecule has 0 saturated carbocycles. The van der Waals surface area contributed by atoms with Crippen molar-refractivity contribution in [3.8, 4) is 0 Å². The van der Waals surface area contributed by atoms with E-state index in [-0.39, 0.29) is 11.5 Å². The Balaban J connectivity index is 2.04. The SMILES string of the molecule is Cn1ccc(C(=O)NCc2cccc(CN)c2)cc1=O. The first-order valence-corrected chi connectivity index (χ1v) is 6.33. The summed E-state index contributed by atoms with van der Waals surface area (Å²) >= 11 is 0. The normalized spacial score (nSPS) is 10.3. The Kier molecular flexibility index (Phi) is 4.32. The van der Waals surface area contributed by atoms with Crippen LogP contribution in [-0.2, 0) is 20.1 Å². The molecular formula is C15H17N3O2. The van der Waals surface area contributed by atoms with Gasteiger partial charge in [-0.05, 0) is 17.2 Å². The second-order valence-electron chi connectivity index (χ2n) is 4.57. The van der Waals surface area contributed by atoms with E-state index in [0.29, 0.717) is 18.7 Å². The number of amides is 1. The fourth-order valence-corrected chi connectivity index (χ4v) is 1.84. The highest BCUT2D eigenvalue weighted by molar-refractivity contribution is 5.93. The molecule has 0 bridgehead atoms. The second kappa shape index (κ2) is 6.16. The van der Waals surface area contributed by atoms with Gasteiger partial charge in [-0.3, -0.25) is 9.59 Å². The molecule has 0 saturated heterocycles. The largest absolute Gasteiger partial charge is 0.348 e. The highest BCUT2D eigenvalue weighted by Crippen LogP contribution is 2.04. The maximum Gasteiger partial charge on any atom is 0.251 e. The lowest BCUT2D eigenvalue weighted by Crippen LogP contribution is -2.25. The van der Waals surface area contributed by atoms with Gasteiger partial charge in [0.2, 0.25) is 0 Å². The fourth-order valence-electron chi connectivity index (χ4n) is 1.84. The number of pyridine rings is 1. The minimum atomic E-state index is -0.263. The number of hydrogen-bond donors (Lipinski definition) is 2. The third-order valence-electron chi connectivity index (χ3n) is 3.05. The number of hydrogen-bond acceptors (Lipinski definition) is 3. The number of benzene rings is 1. The molecule has 20 heavy (non-hydrogen) atoms. The van der Waals surface area contributed by atoms with Crippen LogP contribution >= 0.6 is 0 Å². The van der Waals surface area contributed by atoms with Crippen LogP contribution in [0, 0.1) is 0 Å². The van der Waals surface area contributed by atoms with Crippen LogP contribution in [0.4, 0.5) is 0 Å². The topological polar surface area (TPSA) is 77.1 Å². The molecule has 2 aromatic rings. The first-order chi connectivity index (χ1) is 9.60. The molecule has 0 aliphatic carbocycles. The Labute approximate surface area is 117 Å². The zero-order valence-electron chi connectivity index (χ0n) is 11.3. The molecule has 1 amide bonds. The number of aryl methyl sites for hydroxylation is 1. The van der Waals surface area contributed by atoms with E-state index in [1.54, 1.807) is 19.3 Å². The summed E-state index contributed by atoms with van der Waals surface area (Å²) in [4.78, 5) is 23.4. The van der Waals surface area contributed by atoms with Crippen LogP contribution in [-0.4, -0.2) is 10.5 Å². The van der Waals surface area contributed by atoms with E-state index in [9.17, 15) is 9.59 Å². The van der Waals surface area contributed by atoms with Gasteiger partial charge in [0.25, 0.3) is 11.5 Å². The summed E-state index contributed by atoms with van der Waals surface area (Å²) in [7, 11) is 1.64. The molecule has 2 rings (SSSR count). The molecule has 5 heteroatoms. The first-order valence-electron chi connectivity index (χ1n) is 6.33. The van der Waals surface area contributed by atoms with Gasteiger partial charge in [0.15, 0.2) is 0 Å². The van der Waals surface area contributed by atoms with Gasteiger partial charge >= 0.3 is 0 Å². The van der Waals surface area contributed by atoms with Crippen molar-refractivity contribution in [3.05, 3.63) is 69.6 Å². The van der Waals surface area contributed by atoms with E-state index in [4.69, 9.17) is 5.73 Å². The summed E-state index contributed by atoms with van der Waals surface area (Å²) in [6, 6.07) is 10.7. The zero-order valence-corrected chi connectivity index (χ0v) is 11.3. The summed E-state index contributed by atoms with van der Waals surface area (Å²) in [6.07, 6.45) is 1.58. The van der Waals surface area contributed by atoms with Crippen LogP contribution in [0.25, 0.3) is 0 Å². The Bertz CT molecular complexity index is 677. The predicted octanol–water partition coefficient (Wildman–Crippen LogP) is 0.774. The summed E-state index contributed by atoms with van der Waals surface area (Å²) < 4.78 is 1.42. The van der Waals surface area contributed by atoms with Crippen molar-refractivity contribution < 1.29 is 4.79 Å².